The minimum Gasteiger partial charge on any atom is -0.393 e. The van der Waals surface area contributed by atoms with E-state index in [0.717, 1.165) is 37.1 Å². The number of amides is 1. The van der Waals surface area contributed by atoms with Crippen LogP contribution in [0.5, 0.6) is 0 Å². The Morgan fingerprint density at radius 1 is 1.28 bits per heavy atom. The first-order chi connectivity index (χ1) is 11.9. The Morgan fingerprint density at radius 2 is 1.96 bits per heavy atom. The summed E-state index contributed by atoms with van der Waals surface area (Å²) < 4.78 is 5.58. The number of aliphatic hydroxyl groups is 1. The maximum atomic E-state index is 12.2. The van der Waals surface area contributed by atoms with Crippen LogP contribution in [0, 0.1) is 5.92 Å². The Hall–Kier alpha value is -1.43. The lowest BCUT2D eigenvalue weighted by Gasteiger charge is -2.33. The minimum atomic E-state index is -0.302. The summed E-state index contributed by atoms with van der Waals surface area (Å²) >= 11 is 0. The molecule has 0 spiro atoms. The zero-order chi connectivity index (χ0) is 18.2. The van der Waals surface area contributed by atoms with E-state index in [2.05, 4.69) is 10.2 Å². The third kappa shape index (κ3) is 7.14. The number of carbonyl (C=O) groups excluding carboxylic acids is 1. The van der Waals surface area contributed by atoms with E-state index in [1.165, 1.54) is 0 Å². The van der Waals surface area contributed by atoms with Gasteiger partial charge in [-0.1, -0.05) is 24.3 Å². The third-order valence-corrected chi connectivity index (χ3v) is 4.69. The number of benzene rings is 1. The number of aliphatic hydroxyl groups excluding tert-OH is 1. The van der Waals surface area contributed by atoms with E-state index in [1.807, 2.05) is 45.0 Å². The molecule has 5 nitrogen and oxygen atoms in total. The lowest BCUT2D eigenvalue weighted by molar-refractivity contribution is -0.123. The summed E-state index contributed by atoms with van der Waals surface area (Å²) in [6, 6.07) is 8.15. The molecule has 0 aromatic heterocycles. The maximum absolute atomic E-state index is 12.2. The van der Waals surface area contributed by atoms with Gasteiger partial charge in [-0.25, -0.2) is 0 Å². The maximum Gasteiger partial charge on any atom is 0.234 e. The first kappa shape index (κ1) is 19.9. The number of hydrogen-bond acceptors (Lipinski definition) is 4. The van der Waals surface area contributed by atoms with E-state index < -0.39 is 0 Å². The van der Waals surface area contributed by atoms with Crippen LogP contribution in [0.4, 0.5) is 0 Å². The number of carbonyl (C=O) groups is 1. The highest BCUT2D eigenvalue weighted by molar-refractivity contribution is 5.78. The molecule has 2 unspecified atom stereocenters. The number of ether oxygens (including phenoxy) is 1. The molecule has 1 amide bonds. The zero-order valence-corrected chi connectivity index (χ0v) is 15.7. The normalized spacial score (nSPS) is 19.8. The van der Waals surface area contributed by atoms with Gasteiger partial charge in [0.1, 0.15) is 0 Å². The highest BCUT2D eigenvalue weighted by Crippen LogP contribution is 2.19. The average Bonchev–Trinajstić information content (AvgIpc) is 2.59. The van der Waals surface area contributed by atoms with Gasteiger partial charge in [0.05, 0.1) is 25.4 Å². The summed E-state index contributed by atoms with van der Waals surface area (Å²) in [6.07, 6.45) is 2.01. The lowest BCUT2D eigenvalue weighted by Crippen LogP contribution is -2.44. The molecule has 1 aromatic rings. The van der Waals surface area contributed by atoms with Crippen molar-refractivity contribution in [2.75, 3.05) is 19.6 Å². The topological polar surface area (TPSA) is 61.8 Å². The van der Waals surface area contributed by atoms with Crippen LogP contribution in [0.3, 0.4) is 0 Å². The second-order valence-electron chi connectivity index (χ2n) is 7.33. The van der Waals surface area contributed by atoms with E-state index >= 15 is 0 Å². The Bertz CT molecular complexity index is 528. The van der Waals surface area contributed by atoms with Crippen LogP contribution in [0.1, 0.15) is 44.7 Å². The zero-order valence-electron chi connectivity index (χ0n) is 15.7. The van der Waals surface area contributed by atoms with E-state index in [9.17, 15) is 9.90 Å². The fourth-order valence-electron chi connectivity index (χ4n) is 3.10. The van der Waals surface area contributed by atoms with Gasteiger partial charge in [0.2, 0.25) is 5.91 Å². The molecule has 140 valence electrons. The van der Waals surface area contributed by atoms with Gasteiger partial charge < -0.3 is 15.2 Å². The number of rotatable bonds is 8. The fraction of sp³-hybridized carbons (Fsp3) is 0.650. The van der Waals surface area contributed by atoms with E-state index in [0.29, 0.717) is 19.7 Å². The molecule has 2 rings (SSSR count). The van der Waals surface area contributed by atoms with E-state index in [-0.39, 0.29) is 24.0 Å². The summed E-state index contributed by atoms with van der Waals surface area (Å²) in [7, 11) is 0. The van der Waals surface area contributed by atoms with Gasteiger partial charge in [-0.05, 0) is 57.2 Å². The number of likely N-dealkylation sites (tertiary alicyclic amines) is 1. The van der Waals surface area contributed by atoms with Crippen molar-refractivity contribution >= 4 is 5.91 Å². The molecule has 5 heteroatoms. The molecule has 1 aromatic carbocycles. The lowest BCUT2D eigenvalue weighted by atomic mass is 9.93. The van der Waals surface area contributed by atoms with Crippen molar-refractivity contribution in [3.63, 3.8) is 0 Å². The van der Waals surface area contributed by atoms with Gasteiger partial charge >= 0.3 is 0 Å². The van der Waals surface area contributed by atoms with Gasteiger partial charge in [-0.3, -0.25) is 9.69 Å². The third-order valence-electron chi connectivity index (χ3n) is 4.69. The Balaban J connectivity index is 1.72. The van der Waals surface area contributed by atoms with Crippen LogP contribution < -0.4 is 5.32 Å². The molecule has 1 saturated heterocycles. The van der Waals surface area contributed by atoms with Crippen LogP contribution in [0.15, 0.2) is 24.3 Å². The molecule has 1 heterocycles. The van der Waals surface area contributed by atoms with Crippen molar-refractivity contribution in [3.8, 4) is 0 Å². The molecular weight excluding hydrogens is 316 g/mol. The molecule has 1 aliphatic rings. The van der Waals surface area contributed by atoms with Crippen molar-refractivity contribution in [1.29, 1.82) is 0 Å². The molecular formula is C20H32N2O3. The second-order valence-corrected chi connectivity index (χ2v) is 7.33. The summed E-state index contributed by atoms with van der Waals surface area (Å²) in [5, 5.41) is 12.7. The van der Waals surface area contributed by atoms with Gasteiger partial charge in [0.15, 0.2) is 0 Å². The first-order valence-electron chi connectivity index (χ1n) is 9.30. The summed E-state index contributed by atoms with van der Waals surface area (Å²) in [5.41, 5.74) is 2.23. The van der Waals surface area contributed by atoms with Crippen molar-refractivity contribution in [1.82, 2.24) is 10.2 Å². The van der Waals surface area contributed by atoms with Gasteiger partial charge in [0.25, 0.3) is 0 Å². The average molecular weight is 348 g/mol. The highest BCUT2D eigenvalue weighted by Gasteiger charge is 2.24. The summed E-state index contributed by atoms with van der Waals surface area (Å²) in [6.45, 7) is 9.18. The van der Waals surface area contributed by atoms with E-state index in [1.54, 1.807) is 0 Å². The molecule has 25 heavy (non-hydrogen) atoms. The quantitative estimate of drug-likeness (QED) is 0.757. The number of piperidine rings is 1. The molecule has 2 atom stereocenters. The van der Waals surface area contributed by atoms with Gasteiger partial charge in [-0.15, -0.1) is 0 Å². The van der Waals surface area contributed by atoms with Crippen LogP contribution >= 0.6 is 0 Å². The largest absolute Gasteiger partial charge is 0.393 e. The first-order valence-corrected chi connectivity index (χ1v) is 9.30. The highest BCUT2D eigenvalue weighted by atomic mass is 16.5. The number of nitrogens with one attached hydrogen (secondary N) is 1. The molecule has 0 radical (unpaired) electrons. The predicted molar refractivity (Wildman–Crippen MR) is 99.1 cm³/mol. The molecule has 1 aliphatic heterocycles. The molecule has 0 saturated carbocycles. The standard InChI is InChI=1S/C20H32N2O3/c1-15(2)25-14-18-8-6-17(7-9-18)11-21-20(24)13-22-10-4-5-19(12-22)16(3)23/h6-9,15-16,19,23H,4-5,10-14H2,1-3H3,(H,21,24). The summed E-state index contributed by atoms with van der Waals surface area (Å²) in [5.74, 6) is 0.320. The smallest absolute Gasteiger partial charge is 0.234 e. The van der Waals surface area contributed by atoms with Crippen LogP contribution in [-0.4, -0.2) is 47.8 Å². The SMILES string of the molecule is CC(C)OCc1ccc(CNC(=O)CN2CCCC(C(C)O)C2)cc1. The van der Waals surface area contributed by atoms with Crippen molar-refractivity contribution in [2.24, 2.45) is 5.92 Å². The van der Waals surface area contributed by atoms with E-state index in [4.69, 9.17) is 4.74 Å². The minimum absolute atomic E-state index is 0.0402. The molecule has 2 N–H and O–H groups in total. The predicted octanol–water partition coefficient (Wildman–Crippen LogP) is 2.32. The van der Waals surface area contributed by atoms with Crippen molar-refractivity contribution < 1.29 is 14.6 Å². The molecule has 0 aliphatic carbocycles. The Morgan fingerprint density at radius 3 is 2.60 bits per heavy atom. The van der Waals surface area contributed by atoms with Gasteiger partial charge in [0, 0.05) is 13.1 Å². The van der Waals surface area contributed by atoms with Crippen molar-refractivity contribution in [2.45, 2.75) is 59.0 Å². The second kappa shape index (κ2) is 9.90. The monoisotopic (exact) mass is 348 g/mol. The van der Waals surface area contributed by atoms with Crippen molar-refractivity contribution in [3.05, 3.63) is 35.4 Å². The van der Waals surface area contributed by atoms with Crippen LogP contribution in [-0.2, 0) is 22.7 Å². The molecule has 1 fully saturated rings. The Kier molecular flexibility index (Phi) is 7.88. The number of hydrogen-bond donors (Lipinski definition) is 2. The van der Waals surface area contributed by atoms with Gasteiger partial charge in [-0.2, -0.15) is 0 Å². The Labute approximate surface area is 151 Å². The molecule has 0 bridgehead atoms. The van der Waals surface area contributed by atoms with Crippen LogP contribution in [0.25, 0.3) is 0 Å². The number of nitrogens with zero attached hydrogens (tertiary/aromatic N) is 1. The summed E-state index contributed by atoms with van der Waals surface area (Å²) in [4.78, 5) is 14.3. The van der Waals surface area contributed by atoms with Crippen LogP contribution in [0.2, 0.25) is 0 Å². The fourth-order valence-corrected chi connectivity index (χ4v) is 3.10.